The summed E-state index contributed by atoms with van der Waals surface area (Å²) in [4.78, 5) is 8.91. The third-order valence-corrected chi connectivity index (χ3v) is 4.21. The molecule has 0 amide bonds. The number of halogens is 1. The van der Waals surface area contributed by atoms with Gasteiger partial charge in [0.05, 0.1) is 12.2 Å². The summed E-state index contributed by atoms with van der Waals surface area (Å²) in [7, 11) is 1.78. The molecule has 1 aromatic carbocycles. The Morgan fingerprint density at radius 2 is 2.15 bits per heavy atom. The van der Waals surface area contributed by atoms with Gasteiger partial charge in [-0.05, 0) is 12.1 Å². The van der Waals surface area contributed by atoms with Gasteiger partial charge in [-0.15, -0.1) is 0 Å². The fourth-order valence-corrected chi connectivity index (χ4v) is 2.89. The van der Waals surface area contributed by atoms with Crippen molar-refractivity contribution >= 4 is 5.96 Å². The molecule has 0 spiro atoms. The molecule has 2 heterocycles. The first kappa shape index (κ1) is 18.2. The predicted molar refractivity (Wildman–Crippen MR) is 96.6 cm³/mol. The highest BCUT2D eigenvalue weighted by molar-refractivity contribution is 5.80. The van der Waals surface area contributed by atoms with Crippen molar-refractivity contribution in [2.45, 2.75) is 6.54 Å². The van der Waals surface area contributed by atoms with Gasteiger partial charge >= 0.3 is 0 Å². The number of hydrogen-bond donors (Lipinski definition) is 1. The number of aromatic nitrogens is 1. The maximum absolute atomic E-state index is 13.1. The first-order valence-electron chi connectivity index (χ1n) is 8.70. The second-order valence-electron chi connectivity index (χ2n) is 6.03. The van der Waals surface area contributed by atoms with Crippen LogP contribution in [0.3, 0.4) is 0 Å². The number of rotatable bonds is 6. The summed E-state index contributed by atoms with van der Waals surface area (Å²) in [5, 5.41) is 7.25. The van der Waals surface area contributed by atoms with E-state index in [1.54, 1.807) is 25.4 Å². The summed E-state index contributed by atoms with van der Waals surface area (Å²) in [6.07, 6.45) is 1.60. The van der Waals surface area contributed by atoms with Gasteiger partial charge in [-0.3, -0.25) is 9.89 Å². The fourth-order valence-electron chi connectivity index (χ4n) is 2.89. The smallest absolute Gasteiger partial charge is 0.193 e. The molecule has 1 N–H and O–H groups in total. The summed E-state index contributed by atoms with van der Waals surface area (Å²) >= 11 is 0. The fraction of sp³-hybridized carbons (Fsp3) is 0.444. The van der Waals surface area contributed by atoms with Crippen LogP contribution in [0.25, 0.3) is 0 Å². The monoisotopic (exact) mass is 361 g/mol. The quantitative estimate of drug-likeness (QED) is 0.479. The van der Waals surface area contributed by atoms with Crippen molar-refractivity contribution in [3.05, 3.63) is 48.1 Å². The summed E-state index contributed by atoms with van der Waals surface area (Å²) in [5.74, 6) is 1.09. The maximum atomic E-state index is 13.1. The van der Waals surface area contributed by atoms with Crippen LogP contribution in [0, 0.1) is 5.82 Å². The predicted octanol–water partition coefficient (Wildman–Crippen LogP) is 1.59. The Kier molecular flexibility index (Phi) is 6.43. The van der Waals surface area contributed by atoms with Crippen molar-refractivity contribution in [2.75, 3.05) is 46.4 Å². The zero-order valence-corrected chi connectivity index (χ0v) is 14.9. The van der Waals surface area contributed by atoms with E-state index in [1.165, 1.54) is 12.1 Å². The molecule has 1 aromatic heterocycles. The molecule has 8 heteroatoms. The second kappa shape index (κ2) is 9.19. The van der Waals surface area contributed by atoms with E-state index in [-0.39, 0.29) is 5.82 Å². The normalized spacial score (nSPS) is 15.9. The lowest BCUT2D eigenvalue weighted by Crippen LogP contribution is -2.52. The number of nitrogens with zero attached hydrogens (tertiary/aromatic N) is 4. The van der Waals surface area contributed by atoms with Crippen molar-refractivity contribution < 1.29 is 13.7 Å². The first-order valence-corrected chi connectivity index (χ1v) is 8.70. The van der Waals surface area contributed by atoms with Crippen molar-refractivity contribution in [3.8, 4) is 5.75 Å². The molecule has 0 radical (unpaired) electrons. The van der Waals surface area contributed by atoms with Crippen molar-refractivity contribution in [3.63, 3.8) is 0 Å². The zero-order valence-electron chi connectivity index (χ0n) is 14.9. The zero-order chi connectivity index (χ0) is 18.2. The average Bonchev–Trinajstić information content (AvgIpc) is 3.16. The van der Waals surface area contributed by atoms with Gasteiger partial charge in [0.2, 0.25) is 0 Å². The largest absolute Gasteiger partial charge is 0.492 e. The lowest BCUT2D eigenvalue weighted by atomic mass is 10.3. The summed E-state index contributed by atoms with van der Waals surface area (Å²) in [6, 6.07) is 8.05. The molecule has 1 saturated heterocycles. The molecule has 140 valence electrons. The molecular weight excluding hydrogens is 337 g/mol. The Hall–Kier alpha value is -2.61. The lowest BCUT2D eigenvalue weighted by molar-refractivity contribution is 0.168. The summed E-state index contributed by atoms with van der Waals surface area (Å²) in [6.45, 7) is 5.50. The van der Waals surface area contributed by atoms with E-state index in [4.69, 9.17) is 9.26 Å². The number of ether oxygens (including phenoxy) is 1. The van der Waals surface area contributed by atoms with Gasteiger partial charge in [0.1, 0.15) is 24.4 Å². The Labute approximate surface area is 152 Å². The Balaban J connectivity index is 1.38. The van der Waals surface area contributed by atoms with Crippen LogP contribution in [0.2, 0.25) is 0 Å². The van der Waals surface area contributed by atoms with E-state index in [1.807, 2.05) is 6.07 Å². The summed E-state index contributed by atoms with van der Waals surface area (Å²) in [5.41, 5.74) is 0.954. The van der Waals surface area contributed by atoms with Crippen LogP contribution in [-0.4, -0.2) is 67.3 Å². The van der Waals surface area contributed by atoms with Crippen molar-refractivity contribution in [1.29, 1.82) is 0 Å². The van der Waals surface area contributed by atoms with Crippen molar-refractivity contribution in [1.82, 2.24) is 20.3 Å². The maximum Gasteiger partial charge on any atom is 0.193 e. The van der Waals surface area contributed by atoms with Gasteiger partial charge in [0, 0.05) is 51.9 Å². The highest BCUT2D eigenvalue weighted by Crippen LogP contribution is 2.11. The van der Waals surface area contributed by atoms with Crippen LogP contribution < -0.4 is 10.1 Å². The number of hydrogen-bond acceptors (Lipinski definition) is 5. The van der Waals surface area contributed by atoms with Gasteiger partial charge in [0.15, 0.2) is 5.96 Å². The van der Waals surface area contributed by atoms with Gasteiger partial charge in [-0.25, -0.2) is 4.39 Å². The molecule has 0 aliphatic carbocycles. The van der Waals surface area contributed by atoms with Crippen LogP contribution in [-0.2, 0) is 6.54 Å². The van der Waals surface area contributed by atoms with E-state index in [0.717, 1.165) is 44.4 Å². The molecule has 26 heavy (non-hydrogen) atoms. The van der Waals surface area contributed by atoms with Gasteiger partial charge < -0.3 is 19.5 Å². The molecular formula is C18H24FN5O2. The Morgan fingerprint density at radius 1 is 1.31 bits per heavy atom. The first-order chi connectivity index (χ1) is 12.7. The number of benzene rings is 1. The van der Waals surface area contributed by atoms with Gasteiger partial charge in [-0.2, -0.15) is 0 Å². The van der Waals surface area contributed by atoms with Crippen LogP contribution in [0.15, 0.2) is 46.1 Å². The van der Waals surface area contributed by atoms with Crippen LogP contribution >= 0.6 is 0 Å². The standard InChI is InChI=1S/C18H24FN5O2/c1-20-18(21-6-12-25-17-4-2-3-15(19)13-17)24-9-7-23(8-10-24)14-16-5-11-26-22-16/h2-5,11,13H,6-10,12,14H2,1H3,(H,20,21). The minimum Gasteiger partial charge on any atom is -0.492 e. The average molecular weight is 361 g/mol. The topological polar surface area (TPSA) is 66.1 Å². The molecule has 3 rings (SSSR count). The van der Waals surface area contributed by atoms with Gasteiger partial charge in [0.25, 0.3) is 0 Å². The van der Waals surface area contributed by atoms with E-state index in [0.29, 0.717) is 18.9 Å². The number of nitrogens with one attached hydrogen (secondary N) is 1. The molecule has 2 aromatic rings. The van der Waals surface area contributed by atoms with Crippen molar-refractivity contribution in [2.24, 2.45) is 4.99 Å². The molecule has 1 aliphatic rings. The van der Waals surface area contributed by atoms with E-state index in [9.17, 15) is 4.39 Å². The lowest BCUT2D eigenvalue weighted by Gasteiger charge is -2.36. The van der Waals surface area contributed by atoms with E-state index in [2.05, 4.69) is 25.3 Å². The molecule has 7 nitrogen and oxygen atoms in total. The minimum absolute atomic E-state index is 0.297. The highest BCUT2D eigenvalue weighted by Gasteiger charge is 2.20. The Morgan fingerprint density at radius 3 is 2.85 bits per heavy atom. The molecule has 1 aliphatic heterocycles. The SMILES string of the molecule is CN=C(NCCOc1cccc(F)c1)N1CCN(Cc2ccon2)CC1. The molecule has 0 atom stereocenters. The van der Waals surface area contributed by atoms with Crippen LogP contribution in [0.4, 0.5) is 4.39 Å². The molecule has 1 fully saturated rings. The number of aliphatic imine (C=N–C) groups is 1. The highest BCUT2D eigenvalue weighted by atomic mass is 19.1. The Bertz CT molecular complexity index is 699. The third-order valence-electron chi connectivity index (χ3n) is 4.21. The number of guanidine groups is 1. The van der Waals surface area contributed by atoms with Crippen LogP contribution in [0.1, 0.15) is 5.69 Å². The number of piperazine rings is 1. The third kappa shape index (κ3) is 5.19. The van der Waals surface area contributed by atoms with E-state index < -0.39 is 0 Å². The molecule has 0 bridgehead atoms. The van der Waals surface area contributed by atoms with Gasteiger partial charge in [-0.1, -0.05) is 11.2 Å². The van der Waals surface area contributed by atoms with E-state index >= 15 is 0 Å². The van der Waals surface area contributed by atoms with Crippen LogP contribution in [0.5, 0.6) is 5.75 Å². The summed E-state index contributed by atoms with van der Waals surface area (Å²) < 4.78 is 23.5. The second-order valence-corrected chi connectivity index (χ2v) is 6.03. The molecule has 0 unspecified atom stereocenters. The minimum atomic E-state index is -0.297. The molecule has 0 saturated carbocycles.